The Bertz CT molecular complexity index is 536. The molecule has 2 aromatic rings. The van der Waals surface area contributed by atoms with Crippen molar-refractivity contribution >= 4 is 0 Å². The Balaban J connectivity index is 2.03. The van der Waals surface area contributed by atoms with Gasteiger partial charge in [0.1, 0.15) is 12.1 Å². The molecule has 2 rings (SSSR count). The largest absolute Gasteiger partial charge is 0.508 e. The Kier molecular flexibility index (Phi) is 3.62. The van der Waals surface area contributed by atoms with Crippen molar-refractivity contribution in [2.45, 2.75) is 26.4 Å². The molecule has 0 amide bonds. The van der Waals surface area contributed by atoms with E-state index in [1.807, 2.05) is 33.0 Å². The van der Waals surface area contributed by atoms with Gasteiger partial charge in [-0.05, 0) is 19.9 Å². The number of nitrogens with zero attached hydrogens (tertiary/aromatic N) is 3. The summed E-state index contributed by atoms with van der Waals surface area (Å²) in [5.41, 5.74) is 2.03. The van der Waals surface area contributed by atoms with Crippen molar-refractivity contribution in [3.63, 3.8) is 0 Å². The molecule has 18 heavy (non-hydrogen) atoms. The Hall–Kier alpha value is -1.88. The average molecular weight is 246 g/mol. The molecule has 0 bridgehead atoms. The molecule has 5 nitrogen and oxygen atoms in total. The molecule has 0 saturated heterocycles. The fraction of sp³-hybridized carbons (Fsp3) is 0.385. The molecule has 2 N–H and O–H groups in total. The van der Waals surface area contributed by atoms with Gasteiger partial charge in [-0.25, -0.2) is 4.98 Å². The number of benzene rings is 1. The molecule has 0 spiro atoms. The highest BCUT2D eigenvalue weighted by Crippen LogP contribution is 2.24. The maximum Gasteiger partial charge on any atom is 0.164 e. The Morgan fingerprint density at radius 3 is 2.89 bits per heavy atom. The van der Waals surface area contributed by atoms with Gasteiger partial charge in [0.2, 0.25) is 0 Å². The highest BCUT2D eigenvalue weighted by atomic mass is 16.3. The zero-order chi connectivity index (χ0) is 13.1. The van der Waals surface area contributed by atoms with Gasteiger partial charge in [0.15, 0.2) is 5.82 Å². The molecule has 0 saturated carbocycles. The van der Waals surface area contributed by atoms with Gasteiger partial charge in [-0.2, -0.15) is 5.10 Å². The molecular formula is C13H18N4O. The van der Waals surface area contributed by atoms with Gasteiger partial charge in [-0.1, -0.05) is 17.7 Å². The second-order valence-electron chi connectivity index (χ2n) is 4.50. The second-order valence-corrected chi connectivity index (χ2v) is 4.50. The van der Waals surface area contributed by atoms with Gasteiger partial charge in [0.05, 0.1) is 6.54 Å². The van der Waals surface area contributed by atoms with E-state index in [4.69, 9.17) is 0 Å². The summed E-state index contributed by atoms with van der Waals surface area (Å²) in [6.07, 6.45) is 1.67. The zero-order valence-electron chi connectivity index (χ0n) is 10.9. The molecular weight excluding hydrogens is 228 g/mol. The van der Waals surface area contributed by atoms with Crippen molar-refractivity contribution in [3.05, 3.63) is 41.5 Å². The van der Waals surface area contributed by atoms with E-state index in [1.165, 1.54) is 0 Å². The third kappa shape index (κ3) is 2.87. The van der Waals surface area contributed by atoms with Crippen LogP contribution in [0.3, 0.4) is 0 Å². The van der Waals surface area contributed by atoms with Crippen LogP contribution < -0.4 is 5.32 Å². The van der Waals surface area contributed by atoms with Crippen LogP contribution in [0.25, 0.3) is 0 Å². The van der Waals surface area contributed by atoms with Gasteiger partial charge in [-0.3, -0.25) is 4.68 Å². The molecule has 0 aliphatic carbocycles. The van der Waals surface area contributed by atoms with E-state index in [9.17, 15) is 5.11 Å². The number of nitrogens with one attached hydrogen (secondary N) is 1. The number of rotatable bonds is 4. The molecule has 0 fully saturated rings. The van der Waals surface area contributed by atoms with Gasteiger partial charge >= 0.3 is 0 Å². The van der Waals surface area contributed by atoms with Crippen LogP contribution in [-0.4, -0.2) is 19.9 Å². The fourth-order valence-corrected chi connectivity index (χ4v) is 1.84. The summed E-state index contributed by atoms with van der Waals surface area (Å²) in [5, 5.41) is 17.3. The van der Waals surface area contributed by atoms with E-state index in [0.29, 0.717) is 12.3 Å². The summed E-state index contributed by atoms with van der Waals surface area (Å²) in [6, 6.07) is 5.65. The van der Waals surface area contributed by atoms with Crippen LogP contribution in [0.2, 0.25) is 0 Å². The van der Waals surface area contributed by atoms with Crippen LogP contribution in [0.1, 0.15) is 29.9 Å². The molecule has 96 valence electrons. The quantitative estimate of drug-likeness (QED) is 0.861. The minimum absolute atomic E-state index is 0.0497. The molecule has 0 radical (unpaired) electrons. The van der Waals surface area contributed by atoms with Crippen molar-refractivity contribution in [1.82, 2.24) is 20.1 Å². The first-order valence-electron chi connectivity index (χ1n) is 5.93. The van der Waals surface area contributed by atoms with Crippen molar-refractivity contribution in [2.75, 3.05) is 0 Å². The van der Waals surface area contributed by atoms with Crippen LogP contribution in [0, 0.1) is 6.92 Å². The van der Waals surface area contributed by atoms with Crippen LogP contribution >= 0.6 is 0 Å². The van der Waals surface area contributed by atoms with Crippen LogP contribution in [-0.2, 0) is 13.6 Å². The van der Waals surface area contributed by atoms with Crippen molar-refractivity contribution in [3.8, 4) is 5.75 Å². The predicted octanol–water partition coefficient (Wildman–Crippen LogP) is 1.68. The molecule has 1 heterocycles. The van der Waals surface area contributed by atoms with E-state index >= 15 is 0 Å². The maximum absolute atomic E-state index is 9.83. The topological polar surface area (TPSA) is 63.0 Å². The zero-order valence-corrected chi connectivity index (χ0v) is 10.9. The number of phenols is 1. The predicted molar refractivity (Wildman–Crippen MR) is 69.1 cm³/mol. The van der Waals surface area contributed by atoms with Crippen LogP contribution in [0.15, 0.2) is 24.5 Å². The monoisotopic (exact) mass is 246 g/mol. The Morgan fingerprint density at radius 2 is 2.22 bits per heavy atom. The number of aromatic hydroxyl groups is 1. The molecule has 1 aromatic carbocycles. The number of hydrogen-bond donors (Lipinski definition) is 2. The van der Waals surface area contributed by atoms with Crippen molar-refractivity contribution in [2.24, 2.45) is 7.05 Å². The summed E-state index contributed by atoms with van der Waals surface area (Å²) in [5.74, 6) is 1.06. The fourth-order valence-electron chi connectivity index (χ4n) is 1.84. The number of aromatic nitrogens is 3. The Labute approximate surface area is 106 Å². The highest BCUT2D eigenvalue weighted by Gasteiger charge is 2.10. The number of phenolic OH excluding ortho intramolecular Hbond substituents is 1. The van der Waals surface area contributed by atoms with Crippen LogP contribution in [0.5, 0.6) is 5.75 Å². The van der Waals surface area contributed by atoms with Crippen LogP contribution in [0.4, 0.5) is 0 Å². The van der Waals surface area contributed by atoms with Gasteiger partial charge < -0.3 is 10.4 Å². The molecule has 1 atom stereocenters. The minimum Gasteiger partial charge on any atom is -0.508 e. The molecule has 0 aliphatic rings. The third-order valence-electron chi connectivity index (χ3n) is 2.86. The standard InChI is InChI=1S/C13H18N4O/c1-9-4-5-12(18)11(6-9)10(2)14-7-13-15-8-17(3)16-13/h4-6,8,10,14,18H,7H2,1-3H3. The van der Waals surface area contributed by atoms with E-state index in [2.05, 4.69) is 15.4 Å². The minimum atomic E-state index is 0.0497. The van der Waals surface area contributed by atoms with Crippen molar-refractivity contribution in [1.29, 1.82) is 0 Å². The first kappa shape index (κ1) is 12.6. The first-order valence-corrected chi connectivity index (χ1v) is 5.93. The summed E-state index contributed by atoms with van der Waals surface area (Å²) in [6.45, 7) is 4.60. The summed E-state index contributed by atoms with van der Waals surface area (Å²) in [4.78, 5) is 4.15. The van der Waals surface area contributed by atoms with Gasteiger partial charge in [0, 0.05) is 18.7 Å². The lowest BCUT2D eigenvalue weighted by molar-refractivity contribution is 0.450. The first-order chi connectivity index (χ1) is 8.56. The molecule has 1 aromatic heterocycles. The lowest BCUT2D eigenvalue weighted by atomic mass is 10.0. The smallest absolute Gasteiger partial charge is 0.164 e. The molecule has 1 unspecified atom stereocenters. The number of aryl methyl sites for hydroxylation is 2. The normalized spacial score (nSPS) is 12.6. The average Bonchev–Trinajstić information content (AvgIpc) is 2.75. The number of hydrogen-bond acceptors (Lipinski definition) is 4. The highest BCUT2D eigenvalue weighted by molar-refractivity contribution is 5.37. The van der Waals surface area contributed by atoms with E-state index < -0.39 is 0 Å². The van der Waals surface area contributed by atoms with Gasteiger partial charge in [0.25, 0.3) is 0 Å². The summed E-state index contributed by atoms with van der Waals surface area (Å²) < 4.78 is 1.67. The summed E-state index contributed by atoms with van der Waals surface area (Å²) >= 11 is 0. The Morgan fingerprint density at radius 1 is 1.44 bits per heavy atom. The van der Waals surface area contributed by atoms with E-state index in [-0.39, 0.29) is 6.04 Å². The van der Waals surface area contributed by atoms with E-state index in [0.717, 1.165) is 17.0 Å². The third-order valence-corrected chi connectivity index (χ3v) is 2.86. The lowest BCUT2D eigenvalue weighted by Crippen LogP contribution is -2.19. The lowest BCUT2D eigenvalue weighted by Gasteiger charge is -2.15. The maximum atomic E-state index is 9.83. The molecule has 0 aliphatic heterocycles. The molecule has 5 heteroatoms. The second kappa shape index (κ2) is 5.18. The van der Waals surface area contributed by atoms with Crippen molar-refractivity contribution < 1.29 is 5.11 Å². The van der Waals surface area contributed by atoms with E-state index in [1.54, 1.807) is 17.1 Å². The van der Waals surface area contributed by atoms with Gasteiger partial charge in [-0.15, -0.1) is 0 Å². The SMILES string of the molecule is Cc1ccc(O)c(C(C)NCc2ncn(C)n2)c1. The summed E-state index contributed by atoms with van der Waals surface area (Å²) in [7, 11) is 1.84.